The van der Waals surface area contributed by atoms with Crippen LogP contribution in [0.2, 0.25) is 0 Å². The van der Waals surface area contributed by atoms with Gasteiger partial charge in [-0.1, -0.05) is 27.7 Å². The molecule has 3 N–H and O–H groups in total. The lowest BCUT2D eigenvalue weighted by Gasteiger charge is -2.34. The molecule has 0 radical (unpaired) electrons. The second kappa shape index (κ2) is 9.23. The molecule has 6 nitrogen and oxygen atoms in total. The van der Waals surface area contributed by atoms with Crippen LogP contribution in [-0.2, 0) is 13.8 Å². The van der Waals surface area contributed by atoms with E-state index >= 15 is 0 Å². The molecule has 0 aromatic heterocycles. The van der Waals surface area contributed by atoms with Crippen molar-refractivity contribution in [2.75, 3.05) is 26.4 Å². The number of rotatable bonds is 12. The van der Waals surface area contributed by atoms with Crippen LogP contribution in [0.1, 0.15) is 53.4 Å². The summed E-state index contributed by atoms with van der Waals surface area (Å²) in [6.07, 6.45) is 3.05. The van der Waals surface area contributed by atoms with Gasteiger partial charge in [-0.3, -0.25) is 4.52 Å². The fourth-order valence-electron chi connectivity index (χ4n) is 2.13. The van der Waals surface area contributed by atoms with Crippen molar-refractivity contribution < 1.29 is 28.7 Å². The smallest absolute Gasteiger partial charge is 0.396 e. The molecule has 0 spiro atoms. The summed E-state index contributed by atoms with van der Waals surface area (Å²) in [5.74, 6) is 0. The van der Waals surface area contributed by atoms with Crippen LogP contribution in [0.15, 0.2) is 0 Å². The maximum absolute atomic E-state index is 10.9. The minimum Gasteiger partial charge on any atom is -0.396 e. The predicted molar refractivity (Wildman–Crippen MR) is 81.9 cm³/mol. The molecule has 0 aliphatic carbocycles. The van der Waals surface area contributed by atoms with Gasteiger partial charge in [0.25, 0.3) is 0 Å². The van der Waals surface area contributed by atoms with Crippen molar-refractivity contribution in [2.45, 2.75) is 53.4 Å². The highest BCUT2D eigenvalue weighted by Crippen LogP contribution is 2.40. The van der Waals surface area contributed by atoms with Gasteiger partial charge in [0.15, 0.2) is 0 Å². The quantitative estimate of drug-likeness (QED) is 0.477. The van der Waals surface area contributed by atoms with Gasteiger partial charge in [0.2, 0.25) is 0 Å². The lowest BCUT2D eigenvalue weighted by molar-refractivity contribution is -0.0495. The van der Waals surface area contributed by atoms with Gasteiger partial charge in [0.05, 0.1) is 26.4 Å². The highest BCUT2D eigenvalue weighted by Gasteiger charge is 2.32. The third-order valence-electron chi connectivity index (χ3n) is 4.69. The molecule has 0 aliphatic rings. The Morgan fingerprint density at radius 3 is 1.62 bits per heavy atom. The van der Waals surface area contributed by atoms with E-state index in [4.69, 9.17) is 14.5 Å². The molecule has 0 aromatic rings. The number of phosphoric acid groups is 1. The molecule has 21 heavy (non-hydrogen) atoms. The summed E-state index contributed by atoms with van der Waals surface area (Å²) in [7, 11) is -4.47. The number of ether oxygens (including phenoxy) is 1. The van der Waals surface area contributed by atoms with E-state index in [1.54, 1.807) is 0 Å². The monoisotopic (exact) mass is 326 g/mol. The molecule has 0 rings (SSSR count). The number of aliphatic hydroxyl groups is 1. The molecule has 0 fully saturated rings. The Balaban J connectivity index is 4.61. The molecule has 0 unspecified atom stereocenters. The van der Waals surface area contributed by atoms with Crippen molar-refractivity contribution in [3.8, 4) is 0 Å². The van der Waals surface area contributed by atoms with Gasteiger partial charge in [-0.25, -0.2) is 4.57 Å². The first-order valence-corrected chi connectivity index (χ1v) is 9.13. The van der Waals surface area contributed by atoms with Crippen LogP contribution in [-0.4, -0.2) is 41.3 Å². The van der Waals surface area contributed by atoms with Crippen LogP contribution in [0.3, 0.4) is 0 Å². The van der Waals surface area contributed by atoms with Gasteiger partial charge in [-0.2, -0.15) is 0 Å². The summed E-state index contributed by atoms with van der Waals surface area (Å²) < 4.78 is 21.3. The lowest BCUT2D eigenvalue weighted by atomic mass is 9.83. The third-order valence-corrected chi connectivity index (χ3v) is 5.16. The number of hydrogen-bond acceptors (Lipinski definition) is 4. The topological polar surface area (TPSA) is 96.2 Å². The van der Waals surface area contributed by atoms with E-state index in [9.17, 15) is 9.67 Å². The van der Waals surface area contributed by atoms with E-state index in [1.807, 2.05) is 27.7 Å². The van der Waals surface area contributed by atoms with Crippen LogP contribution < -0.4 is 0 Å². The second-order valence-corrected chi connectivity index (χ2v) is 7.07. The van der Waals surface area contributed by atoms with Gasteiger partial charge in [0, 0.05) is 10.8 Å². The van der Waals surface area contributed by atoms with Crippen molar-refractivity contribution in [3.63, 3.8) is 0 Å². The van der Waals surface area contributed by atoms with Crippen molar-refractivity contribution in [1.82, 2.24) is 0 Å². The molecular formula is C14H31O6P. The van der Waals surface area contributed by atoms with E-state index < -0.39 is 13.2 Å². The van der Waals surface area contributed by atoms with Crippen LogP contribution in [0, 0.1) is 10.8 Å². The van der Waals surface area contributed by atoms with Crippen molar-refractivity contribution in [1.29, 1.82) is 0 Å². The Labute approximate surface area is 128 Å². The van der Waals surface area contributed by atoms with Crippen molar-refractivity contribution in [2.24, 2.45) is 10.8 Å². The Bertz CT molecular complexity index is 311. The predicted octanol–water partition coefficient (Wildman–Crippen LogP) is 2.72. The van der Waals surface area contributed by atoms with Crippen LogP contribution in [0.4, 0.5) is 0 Å². The lowest BCUT2D eigenvalue weighted by Crippen LogP contribution is -2.35. The van der Waals surface area contributed by atoms with E-state index in [0.29, 0.717) is 26.1 Å². The van der Waals surface area contributed by atoms with E-state index in [2.05, 4.69) is 4.52 Å². The zero-order valence-corrected chi connectivity index (χ0v) is 14.6. The fourth-order valence-corrected chi connectivity index (χ4v) is 2.57. The van der Waals surface area contributed by atoms with Crippen LogP contribution >= 0.6 is 7.82 Å². The molecule has 7 heteroatoms. The molecule has 0 saturated carbocycles. The largest absolute Gasteiger partial charge is 0.469 e. The van der Waals surface area contributed by atoms with Gasteiger partial charge in [-0.05, 0) is 25.7 Å². The summed E-state index contributed by atoms with van der Waals surface area (Å²) in [5, 5.41) is 9.52. The molecule has 0 heterocycles. The summed E-state index contributed by atoms with van der Waals surface area (Å²) in [6, 6.07) is 0. The first kappa shape index (κ1) is 21.0. The Kier molecular flexibility index (Phi) is 9.25. The summed E-state index contributed by atoms with van der Waals surface area (Å²) in [4.78, 5) is 17.7. The Morgan fingerprint density at radius 2 is 1.29 bits per heavy atom. The SMILES string of the molecule is CCC(CC)(CO)COCC(CC)(CC)COP(=O)(O)O. The van der Waals surface area contributed by atoms with Gasteiger partial charge in [0.1, 0.15) is 0 Å². The molecule has 0 atom stereocenters. The Morgan fingerprint density at radius 1 is 0.857 bits per heavy atom. The minimum absolute atomic E-state index is 0.0331. The summed E-state index contributed by atoms with van der Waals surface area (Å²) in [6.45, 7) is 8.79. The first-order valence-electron chi connectivity index (χ1n) is 7.60. The third kappa shape index (κ3) is 7.22. The zero-order valence-electron chi connectivity index (χ0n) is 13.7. The molecule has 0 aromatic carbocycles. The van der Waals surface area contributed by atoms with E-state index in [1.165, 1.54) is 0 Å². The molecule has 0 amide bonds. The van der Waals surface area contributed by atoms with Crippen molar-refractivity contribution >= 4 is 7.82 Å². The van der Waals surface area contributed by atoms with E-state index in [0.717, 1.165) is 12.8 Å². The van der Waals surface area contributed by atoms with Crippen molar-refractivity contribution in [3.05, 3.63) is 0 Å². The molecule has 0 bridgehead atoms. The number of phosphoric ester groups is 1. The number of aliphatic hydroxyl groups excluding tert-OH is 1. The standard InChI is InChI=1S/C14H31O6P/c1-5-13(6-2,9-15)10-19-11-14(7-3,8-4)12-20-21(16,17)18/h15H,5-12H2,1-4H3,(H2,16,17,18). The highest BCUT2D eigenvalue weighted by atomic mass is 31.2. The Hall–Kier alpha value is 0.0300. The van der Waals surface area contributed by atoms with Gasteiger partial charge < -0.3 is 19.6 Å². The molecular weight excluding hydrogens is 295 g/mol. The maximum atomic E-state index is 10.9. The van der Waals surface area contributed by atoms with Crippen LogP contribution in [0.5, 0.6) is 0 Å². The average molecular weight is 326 g/mol. The minimum atomic E-state index is -4.47. The maximum Gasteiger partial charge on any atom is 0.469 e. The molecule has 0 aliphatic heterocycles. The second-order valence-electron chi connectivity index (χ2n) is 5.83. The average Bonchev–Trinajstić information content (AvgIpc) is 2.47. The van der Waals surface area contributed by atoms with E-state index in [-0.39, 0.29) is 18.6 Å². The first-order chi connectivity index (χ1) is 9.72. The van der Waals surface area contributed by atoms with Crippen LogP contribution in [0.25, 0.3) is 0 Å². The summed E-state index contributed by atoms with van der Waals surface area (Å²) in [5.41, 5.74) is -0.652. The summed E-state index contributed by atoms with van der Waals surface area (Å²) >= 11 is 0. The molecule has 128 valence electrons. The van der Waals surface area contributed by atoms with Gasteiger partial charge >= 0.3 is 7.82 Å². The van der Waals surface area contributed by atoms with Gasteiger partial charge in [-0.15, -0.1) is 0 Å². The molecule has 0 saturated heterocycles. The number of hydrogen-bond donors (Lipinski definition) is 3. The zero-order chi connectivity index (χ0) is 16.6. The normalized spacial score (nSPS) is 13.7. The highest BCUT2D eigenvalue weighted by molar-refractivity contribution is 7.46. The fraction of sp³-hybridized carbons (Fsp3) is 1.00.